The molecule has 66 valence electrons. The van der Waals surface area contributed by atoms with E-state index in [9.17, 15) is 4.79 Å². The zero-order valence-corrected chi connectivity index (χ0v) is 8.71. The standard InChI is InChI=1S/C10H8BrNO/c1-7(6-13)8-2-3-9(5-12)10(11)4-8/h2-4,6-7H,1H3. The van der Waals surface area contributed by atoms with E-state index >= 15 is 0 Å². The molecule has 0 heterocycles. The van der Waals surface area contributed by atoms with Crippen molar-refractivity contribution in [1.82, 2.24) is 0 Å². The Labute approximate surface area is 85.3 Å². The van der Waals surface area contributed by atoms with Crippen molar-refractivity contribution in [2.45, 2.75) is 12.8 Å². The van der Waals surface area contributed by atoms with Gasteiger partial charge in [0.15, 0.2) is 0 Å². The fraction of sp³-hybridized carbons (Fsp3) is 0.200. The highest BCUT2D eigenvalue weighted by Crippen LogP contribution is 2.21. The molecule has 13 heavy (non-hydrogen) atoms. The molecule has 0 N–H and O–H groups in total. The van der Waals surface area contributed by atoms with Gasteiger partial charge in [0.25, 0.3) is 0 Å². The lowest BCUT2D eigenvalue weighted by Gasteiger charge is -2.04. The molecule has 0 saturated heterocycles. The molecule has 0 spiro atoms. The van der Waals surface area contributed by atoms with Crippen LogP contribution in [0.3, 0.4) is 0 Å². The molecular formula is C10H8BrNO. The molecule has 0 aliphatic carbocycles. The number of nitrogens with zero attached hydrogens (tertiary/aromatic N) is 1. The predicted octanol–water partition coefficient (Wildman–Crippen LogP) is 2.62. The van der Waals surface area contributed by atoms with Crippen LogP contribution in [0.4, 0.5) is 0 Å². The van der Waals surface area contributed by atoms with Crippen LogP contribution in [0.2, 0.25) is 0 Å². The second-order valence-electron chi connectivity index (χ2n) is 2.78. The van der Waals surface area contributed by atoms with Crippen LogP contribution < -0.4 is 0 Å². The van der Waals surface area contributed by atoms with E-state index in [1.807, 2.05) is 13.0 Å². The zero-order valence-electron chi connectivity index (χ0n) is 7.12. The molecule has 1 rings (SSSR count). The third kappa shape index (κ3) is 2.16. The molecule has 0 amide bonds. The SMILES string of the molecule is CC(C=O)c1ccc(C#N)c(Br)c1. The minimum Gasteiger partial charge on any atom is -0.303 e. The number of aldehydes is 1. The van der Waals surface area contributed by atoms with E-state index in [1.54, 1.807) is 18.2 Å². The highest BCUT2D eigenvalue weighted by atomic mass is 79.9. The highest BCUT2D eigenvalue weighted by Gasteiger charge is 2.06. The lowest BCUT2D eigenvalue weighted by molar-refractivity contribution is -0.108. The minimum atomic E-state index is -0.121. The Balaban J connectivity index is 3.11. The van der Waals surface area contributed by atoms with Gasteiger partial charge in [-0.2, -0.15) is 5.26 Å². The van der Waals surface area contributed by atoms with Gasteiger partial charge in [-0.3, -0.25) is 0 Å². The first-order chi connectivity index (χ1) is 6.19. The Morgan fingerprint density at radius 2 is 2.31 bits per heavy atom. The minimum absolute atomic E-state index is 0.121. The van der Waals surface area contributed by atoms with Crippen molar-refractivity contribution >= 4 is 22.2 Å². The Hall–Kier alpha value is -1.14. The molecule has 1 atom stereocenters. The summed E-state index contributed by atoms with van der Waals surface area (Å²) in [6, 6.07) is 7.35. The number of halogens is 1. The summed E-state index contributed by atoms with van der Waals surface area (Å²) in [5.41, 5.74) is 1.50. The van der Waals surface area contributed by atoms with E-state index in [-0.39, 0.29) is 5.92 Å². The maximum atomic E-state index is 10.5. The van der Waals surface area contributed by atoms with Gasteiger partial charge in [0.1, 0.15) is 12.4 Å². The number of carbonyl (C=O) groups is 1. The van der Waals surface area contributed by atoms with E-state index < -0.39 is 0 Å². The number of carbonyl (C=O) groups excluding carboxylic acids is 1. The summed E-state index contributed by atoms with van der Waals surface area (Å²) < 4.78 is 0.737. The van der Waals surface area contributed by atoms with Gasteiger partial charge in [-0.05, 0) is 33.6 Å². The molecule has 0 saturated carbocycles. The number of benzene rings is 1. The van der Waals surface area contributed by atoms with Gasteiger partial charge in [0.2, 0.25) is 0 Å². The van der Waals surface area contributed by atoms with Gasteiger partial charge >= 0.3 is 0 Å². The highest BCUT2D eigenvalue weighted by molar-refractivity contribution is 9.10. The number of nitriles is 1. The van der Waals surface area contributed by atoms with Gasteiger partial charge in [-0.25, -0.2) is 0 Å². The summed E-state index contributed by atoms with van der Waals surface area (Å²) in [7, 11) is 0. The van der Waals surface area contributed by atoms with Crippen molar-refractivity contribution in [3.8, 4) is 6.07 Å². The average Bonchev–Trinajstić information content (AvgIpc) is 2.16. The van der Waals surface area contributed by atoms with E-state index in [4.69, 9.17) is 5.26 Å². The first-order valence-electron chi connectivity index (χ1n) is 3.84. The zero-order chi connectivity index (χ0) is 9.84. The van der Waals surface area contributed by atoms with Crippen LogP contribution in [0.25, 0.3) is 0 Å². The first kappa shape index (κ1) is 9.94. The van der Waals surface area contributed by atoms with Gasteiger partial charge in [-0.1, -0.05) is 13.0 Å². The molecule has 0 fully saturated rings. The van der Waals surface area contributed by atoms with Crippen LogP contribution in [0.15, 0.2) is 22.7 Å². The molecule has 2 nitrogen and oxygen atoms in total. The van der Waals surface area contributed by atoms with Crippen molar-refractivity contribution in [3.63, 3.8) is 0 Å². The van der Waals surface area contributed by atoms with Crippen LogP contribution in [-0.4, -0.2) is 6.29 Å². The van der Waals surface area contributed by atoms with Crippen molar-refractivity contribution in [1.29, 1.82) is 5.26 Å². The molecule has 0 aromatic heterocycles. The number of hydrogen-bond acceptors (Lipinski definition) is 2. The van der Waals surface area contributed by atoms with Crippen LogP contribution in [0, 0.1) is 11.3 Å². The Morgan fingerprint density at radius 1 is 1.62 bits per heavy atom. The maximum Gasteiger partial charge on any atom is 0.127 e. The molecule has 0 bridgehead atoms. The second-order valence-corrected chi connectivity index (χ2v) is 3.63. The molecular weight excluding hydrogens is 230 g/mol. The first-order valence-corrected chi connectivity index (χ1v) is 4.63. The molecule has 0 aliphatic rings. The molecule has 1 unspecified atom stereocenters. The van der Waals surface area contributed by atoms with E-state index in [0.717, 1.165) is 16.3 Å². The van der Waals surface area contributed by atoms with E-state index in [2.05, 4.69) is 15.9 Å². The molecule has 1 aromatic rings. The monoisotopic (exact) mass is 237 g/mol. The summed E-state index contributed by atoms with van der Waals surface area (Å²) >= 11 is 3.27. The van der Waals surface area contributed by atoms with E-state index in [0.29, 0.717) is 5.56 Å². The normalized spacial score (nSPS) is 11.8. The summed E-state index contributed by atoms with van der Waals surface area (Å²) in [4.78, 5) is 10.5. The predicted molar refractivity (Wildman–Crippen MR) is 53.3 cm³/mol. The lowest BCUT2D eigenvalue weighted by Crippen LogP contribution is -1.94. The quantitative estimate of drug-likeness (QED) is 0.743. The molecule has 0 aliphatic heterocycles. The summed E-state index contributed by atoms with van der Waals surface area (Å²) in [5, 5.41) is 8.66. The van der Waals surface area contributed by atoms with Gasteiger partial charge in [0.05, 0.1) is 5.56 Å². The molecule has 1 aromatic carbocycles. The second kappa shape index (κ2) is 4.20. The van der Waals surface area contributed by atoms with Crippen molar-refractivity contribution < 1.29 is 4.79 Å². The van der Waals surface area contributed by atoms with Crippen molar-refractivity contribution in [2.75, 3.05) is 0 Å². The lowest BCUT2D eigenvalue weighted by atomic mass is 10.0. The van der Waals surface area contributed by atoms with Crippen molar-refractivity contribution in [2.24, 2.45) is 0 Å². The van der Waals surface area contributed by atoms with Gasteiger partial charge < -0.3 is 4.79 Å². The fourth-order valence-electron chi connectivity index (χ4n) is 0.984. The summed E-state index contributed by atoms with van der Waals surface area (Å²) in [5.74, 6) is -0.121. The van der Waals surface area contributed by atoms with Crippen LogP contribution >= 0.6 is 15.9 Å². The largest absolute Gasteiger partial charge is 0.303 e. The Morgan fingerprint density at radius 3 is 2.77 bits per heavy atom. The molecule has 3 heteroatoms. The smallest absolute Gasteiger partial charge is 0.127 e. The number of rotatable bonds is 2. The fourth-order valence-corrected chi connectivity index (χ4v) is 1.47. The van der Waals surface area contributed by atoms with Gasteiger partial charge in [0, 0.05) is 10.4 Å². The maximum absolute atomic E-state index is 10.5. The van der Waals surface area contributed by atoms with Gasteiger partial charge in [-0.15, -0.1) is 0 Å². The topological polar surface area (TPSA) is 40.9 Å². The average molecular weight is 238 g/mol. The summed E-state index contributed by atoms with van der Waals surface area (Å²) in [6.45, 7) is 1.82. The van der Waals surface area contributed by atoms with Crippen LogP contribution in [0.5, 0.6) is 0 Å². The Bertz CT molecular complexity index is 368. The van der Waals surface area contributed by atoms with E-state index in [1.165, 1.54) is 0 Å². The Kier molecular flexibility index (Phi) is 3.21. The number of hydrogen-bond donors (Lipinski definition) is 0. The third-order valence-electron chi connectivity index (χ3n) is 1.84. The van der Waals surface area contributed by atoms with Crippen molar-refractivity contribution in [3.05, 3.63) is 33.8 Å². The van der Waals surface area contributed by atoms with Crippen LogP contribution in [-0.2, 0) is 4.79 Å². The third-order valence-corrected chi connectivity index (χ3v) is 2.50. The molecule has 0 radical (unpaired) electrons. The van der Waals surface area contributed by atoms with Crippen LogP contribution in [0.1, 0.15) is 24.0 Å². The summed E-state index contributed by atoms with van der Waals surface area (Å²) in [6.07, 6.45) is 0.883.